The molecule has 0 aliphatic carbocycles. The number of hydrogen-bond acceptors (Lipinski definition) is 3. The summed E-state index contributed by atoms with van der Waals surface area (Å²) in [7, 11) is 0. The van der Waals surface area contributed by atoms with E-state index in [2.05, 4.69) is 20.9 Å². The van der Waals surface area contributed by atoms with Crippen LogP contribution >= 0.6 is 27.5 Å². The summed E-state index contributed by atoms with van der Waals surface area (Å²) in [6, 6.07) is 8.71. The van der Waals surface area contributed by atoms with E-state index >= 15 is 0 Å². The molecule has 1 aromatic heterocycles. The summed E-state index contributed by atoms with van der Waals surface area (Å²) in [6.07, 6.45) is 1.62. The molecule has 0 radical (unpaired) electrons. The molecule has 0 aliphatic heterocycles. The number of ether oxygens (including phenoxy) is 1. The molecule has 17 heavy (non-hydrogen) atoms. The van der Waals surface area contributed by atoms with Crippen LogP contribution in [0.15, 0.2) is 41.0 Å². The normalized spacial score (nSPS) is 10.3. The molecule has 88 valence electrons. The third-order valence-electron chi connectivity index (χ3n) is 2.09. The molecule has 0 saturated heterocycles. The standard InChI is InChI=1S/C12H9BrClNO2/c13-9-5-8(7-16)12(15-6-9)17-11-3-1-10(14)2-4-11/h1-6,16H,7H2. The Hall–Kier alpha value is -1.10. The number of rotatable bonds is 3. The van der Waals surface area contributed by atoms with Crippen LogP contribution in [0, 0.1) is 0 Å². The number of halogens is 2. The number of aliphatic hydroxyl groups is 1. The van der Waals surface area contributed by atoms with Crippen molar-refractivity contribution in [3.63, 3.8) is 0 Å². The highest BCUT2D eigenvalue weighted by molar-refractivity contribution is 9.10. The molecule has 1 N–H and O–H groups in total. The molecule has 3 nitrogen and oxygen atoms in total. The van der Waals surface area contributed by atoms with Crippen LogP contribution in [-0.2, 0) is 6.61 Å². The van der Waals surface area contributed by atoms with E-state index in [1.807, 2.05) is 0 Å². The van der Waals surface area contributed by atoms with E-state index in [1.165, 1.54) is 0 Å². The Morgan fingerprint density at radius 2 is 2.00 bits per heavy atom. The van der Waals surface area contributed by atoms with Crippen molar-refractivity contribution in [2.24, 2.45) is 0 Å². The van der Waals surface area contributed by atoms with Crippen molar-refractivity contribution < 1.29 is 9.84 Å². The van der Waals surface area contributed by atoms with Gasteiger partial charge in [-0.1, -0.05) is 11.6 Å². The van der Waals surface area contributed by atoms with Gasteiger partial charge in [0, 0.05) is 21.3 Å². The van der Waals surface area contributed by atoms with Gasteiger partial charge in [-0.15, -0.1) is 0 Å². The van der Waals surface area contributed by atoms with Crippen molar-refractivity contribution >= 4 is 27.5 Å². The first-order chi connectivity index (χ1) is 8.19. The second kappa shape index (κ2) is 5.49. The van der Waals surface area contributed by atoms with Gasteiger partial charge in [0.05, 0.1) is 6.61 Å². The molecule has 0 fully saturated rings. The van der Waals surface area contributed by atoms with Crippen molar-refractivity contribution in [3.8, 4) is 11.6 Å². The van der Waals surface area contributed by atoms with Crippen molar-refractivity contribution in [2.75, 3.05) is 0 Å². The maximum atomic E-state index is 9.20. The highest BCUT2D eigenvalue weighted by Crippen LogP contribution is 2.26. The van der Waals surface area contributed by atoms with Gasteiger partial charge in [-0.25, -0.2) is 4.98 Å². The lowest BCUT2D eigenvalue weighted by Gasteiger charge is -2.08. The molecular formula is C12H9BrClNO2. The molecule has 0 unspecified atom stereocenters. The van der Waals surface area contributed by atoms with E-state index in [0.717, 1.165) is 4.47 Å². The molecule has 2 rings (SSSR count). The van der Waals surface area contributed by atoms with Crippen LogP contribution in [0.4, 0.5) is 0 Å². The van der Waals surface area contributed by atoms with Gasteiger partial charge < -0.3 is 9.84 Å². The Morgan fingerprint density at radius 1 is 1.29 bits per heavy atom. The predicted molar refractivity (Wildman–Crippen MR) is 69.4 cm³/mol. The van der Waals surface area contributed by atoms with E-state index in [0.29, 0.717) is 22.2 Å². The van der Waals surface area contributed by atoms with Gasteiger partial charge in [-0.3, -0.25) is 0 Å². The zero-order chi connectivity index (χ0) is 12.3. The smallest absolute Gasteiger partial charge is 0.224 e. The van der Waals surface area contributed by atoms with Crippen molar-refractivity contribution in [1.82, 2.24) is 4.98 Å². The minimum atomic E-state index is -0.130. The van der Waals surface area contributed by atoms with Gasteiger partial charge in [0.1, 0.15) is 5.75 Å². The average molecular weight is 315 g/mol. The van der Waals surface area contributed by atoms with Gasteiger partial charge in [-0.2, -0.15) is 0 Å². The summed E-state index contributed by atoms with van der Waals surface area (Å²) in [5.74, 6) is 1.01. The van der Waals surface area contributed by atoms with E-state index in [9.17, 15) is 5.11 Å². The summed E-state index contributed by atoms with van der Waals surface area (Å²) in [6.45, 7) is -0.130. The molecule has 5 heteroatoms. The molecule has 0 aliphatic rings. The zero-order valence-electron chi connectivity index (χ0n) is 8.73. The van der Waals surface area contributed by atoms with Gasteiger partial charge >= 0.3 is 0 Å². The van der Waals surface area contributed by atoms with Gasteiger partial charge in [0.25, 0.3) is 0 Å². The topological polar surface area (TPSA) is 42.4 Å². The summed E-state index contributed by atoms with van der Waals surface area (Å²) in [4.78, 5) is 4.10. The Balaban J connectivity index is 2.26. The van der Waals surface area contributed by atoms with Crippen molar-refractivity contribution in [1.29, 1.82) is 0 Å². The van der Waals surface area contributed by atoms with E-state index in [-0.39, 0.29) is 6.61 Å². The predicted octanol–water partition coefficient (Wildman–Crippen LogP) is 3.78. The van der Waals surface area contributed by atoms with Crippen LogP contribution in [-0.4, -0.2) is 10.1 Å². The Bertz CT molecular complexity index is 516. The van der Waals surface area contributed by atoms with Crippen molar-refractivity contribution in [2.45, 2.75) is 6.61 Å². The van der Waals surface area contributed by atoms with Crippen LogP contribution < -0.4 is 4.74 Å². The first-order valence-electron chi connectivity index (χ1n) is 4.88. The minimum absolute atomic E-state index is 0.130. The quantitative estimate of drug-likeness (QED) is 0.937. The van der Waals surface area contributed by atoms with E-state index in [4.69, 9.17) is 16.3 Å². The Labute approximate surface area is 112 Å². The highest BCUT2D eigenvalue weighted by atomic mass is 79.9. The number of aromatic nitrogens is 1. The molecule has 1 heterocycles. The van der Waals surface area contributed by atoms with Crippen LogP contribution in [0.25, 0.3) is 0 Å². The fraction of sp³-hybridized carbons (Fsp3) is 0.0833. The number of benzene rings is 1. The third kappa shape index (κ3) is 3.19. The molecule has 0 bridgehead atoms. The fourth-order valence-electron chi connectivity index (χ4n) is 1.29. The molecule has 1 aromatic carbocycles. The monoisotopic (exact) mass is 313 g/mol. The summed E-state index contributed by atoms with van der Waals surface area (Å²) in [5.41, 5.74) is 0.620. The number of hydrogen-bond donors (Lipinski definition) is 1. The van der Waals surface area contributed by atoms with Crippen LogP contribution in [0.1, 0.15) is 5.56 Å². The summed E-state index contributed by atoms with van der Waals surface area (Å²) < 4.78 is 6.36. The number of aliphatic hydroxyl groups excluding tert-OH is 1. The van der Waals surface area contributed by atoms with Crippen LogP contribution in [0.5, 0.6) is 11.6 Å². The van der Waals surface area contributed by atoms with Crippen molar-refractivity contribution in [3.05, 3.63) is 51.6 Å². The number of nitrogens with zero attached hydrogens (tertiary/aromatic N) is 1. The minimum Gasteiger partial charge on any atom is -0.439 e. The maximum absolute atomic E-state index is 9.20. The second-order valence-electron chi connectivity index (χ2n) is 3.33. The molecular weight excluding hydrogens is 305 g/mol. The van der Waals surface area contributed by atoms with Gasteiger partial charge in [0.2, 0.25) is 5.88 Å². The number of pyridine rings is 1. The molecule has 0 atom stereocenters. The lowest BCUT2D eigenvalue weighted by molar-refractivity contribution is 0.275. The van der Waals surface area contributed by atoms with Gasteiger partial charge in [-0.05, 0) is 46.3 Å². The third-order valence-corrected chi connectivity index (χ3v) is 2.78. The first-order valence-corrected chi connectivity index (χ1v) is 6.05. The lowest BCUT2D eigenvalue weighted by atomic mass is 10.3. The Kier molecular flexibility index (Phi) is 3.99. The van der Waals surface area contributed by atoms with E-state index in [1.54, 1.807) is 36.5 Å². The summed E-state index contributed by atoms with van der Waals surface area (Å²) >= 11 is 9.06. The zero-order valence-corrected chi connectivity index (χ0v) is 11.1. The van der Waals surface area contributed by atoms with Gasteiger partial charge in [0.15, 0.2) is 0 Å². The first kappa shape index (κ1) is 12.4. The largest absolute Gasteiger partial charge is 0.439 e. The lowest BCUT2D eigenvalue weighted by Crippen LogP contribution is -1.94. The Morgan fingerprint density at radius 3 is 2.65 bits per heavy atom. The fourth-order valence-corrected chi connectivity index (χ4v) is 1.79. The van der Waals surface area contributed by atoms with Crippen LogP contribution in [0.2, 0.25) is 5.02 Å². The highest BCUT2D eigenvalue weighted by Gasteiger charge is 2.06. The summed E-state index contributed by atoms with van der Waals surface area (Å²) in [5, 5.41) is 9.85. The SMILES string of the molecule is OCc1cc(Br)cnc1Oc1ccc(Cl)cc1. The second-order valence-corrected chi connectivity index (χ2v) is 4.68. The average Bonchev–Trinajstić information content (AvgIpc) is 2.34. The molecule has 0 saturated carbocycles. The maximum Gasteiger partial charge on any atom is 0.224 e. The molecule has 2 aromatic rings. The van der Waals surface area contributed by atoms with E-state index < -0.39 is 0 Å². The van der Waals surface area contributed by atoms with Crippen LogP contribution in [0.3, 0.4) is 0 Å². The molecule has 0 spiro atoms. The molecule has 0 amide bonds.